The van der Waals surface area contributed by atoms with Gasteiger partial charge < -0.3 is 10.5 Å². The highest BCUT2D eigenvalue weighted by molar-refractivity contribution is 6.32. The van der Waals surface area contributed by atoms with Gasteiger partial charge in [0.15, 0.2) is 0 Å². The predicted octanol–water partition coefficient (Wildman–Crippen LogP) is 2.47. The van der Waals surface area contributed by atoms with E-state index in [-0.39, 0.29) is 10.8 Å². The monoisotopic (exact) mass is 255 g/mol. The Kier molecular flexibility index (Phi) is 2.93. The smallest absolute Gasteiger partial charge is 0.149 e. The molecule has 90 valence electrons. The molecule has 0 bridgehead atoms. The second-order valence-corrected chi connectivity index (χ2v) is 3.90. The summed E-state index contributed by atoms with van der Waals surface area (Å²) in [7, 11) is 3.15. The van der Waals surface area contributed by atoms with E-state index in [1.54, 1.807) is 19.2 Å². The standard InChI is InChI=1S/C11H11ClFN3O/c1-16-9(14)5-8(15-16)6-3-4-7(13)10(12)11(6)17-2/h3-5H,14H2,1-2H3. The van der Waals surface area contributed by atoms with Crippen LogP contribution in [0, 0.1) is 5.82 Å². The maximum absolute atomic E-state index is 13.3. The fourth-order valence-corrected chi connectivity index (χ4v) is 1.79. The molecule has 0 saturated carbocycles. The zero-order chi connectivity index (χ0) is 12.6. The molecule has 1 aromatic carbocycles. The van der Waals surface area contributed by atoms with E-state index < -0.39 is 5.82 Å². The Labute approximate surface area is 103 Å². The molecular weight excluding hydrogens is 245 g/mol. The van der Waals surface area contributed by atoms with Crippen LogP contribution in [0.4, 0.5) is 10.2 Å². The Bertz CT molecular complexity index is 549. The summed E-state index contributed by atoms with van der Waals surface area (Å²) in [5.74, 6) is 0.225. The normalized spacial score (nSPS) is 10.6. The first kappa shape index (κ1) is 11.7. The molecule has 0 unspecified atom stereocenters. The zero-order valence-electron chi connectivity index (χ0n) is 9.37. The Morgan fingerprint density at radius 2 is 2.18 bits per heavy atom. The van der Waals surface area contributed by atoms with E-state index in [1.165, 1.54) is 17.9 Å². The number of rotatable bonds is 2. The Morgan fingerprint density at radius 1 is 1.47 bits per heavy atom. The Hall–Kier alpha value is -1.75. The number of nitrogens with zero attached hydrogens (tertiary/aromatic N) is 2. The highest BCUT2D eigenvalue weighted by Crippen LogP contribution is 2.37. The van der Waals surface area contributed by atoms with E-state index in [1.807, 2.05) is 0 Å². The number of anilines is 1. The lowest BCUT2D eigenvalue weighted by molar-refractivity contribution is 0.413. The van der Waals surface area contributed by atoms with E-state index in [2.05, 4.69) is 5.10 Å². The number of aromatic nitrogens is 2. The summed E-state index contributed by atoms with van der Waals surface area (Å²) in [6, 6.07) is 4.50. The van der Waals surface area contributed by atoms with Gasteiger partial charge in [0.2, 0.25) is 0 Å². The summed E-state index contributed by atoms with van der Waals surface area (Å²) in [5.41, 5.74) is 6.88. The van der Waals surface area contributed by atoms with Gasteiger partial charge in [0.25, 0.3) is 0 Å². The zero-order valence-corrected chi connectivity index (χ0v) is 10.1. The maximum Gasteiger partial charge on any atom is 0.149 e. The third-order valence-electron chi connectivity index (χ3n) is 2.45. The number of nitrogens with two attached hydrogens (primary N) is 1. The molecule has 0 atom stereocenters. The summed E-state index contributed by atoms with van der Waals surface area (Å²) in [5, 5.41) is 4.13. The third kappa shape index (κ3) is 1.93. The molecular formula is C11H11ClFN3O. The second kappa shape index (κ2) is 4.25. The van der Waals surface area contributed by atoms with Gasteiger partial charge >= 0.3 is 0 Å². The molecule has 2 N–H and O–H groups in total. The first-order valence-electron chi connectivity index (χ1n) is 4.86. The van der Waals surface area contributed by atoms with Crippen molar-refractivity contribution in [1.29, 1.82) is 0 Å². The maximum atomic E-state index is 13.3. The molecule has 0 amide bonds. The second-order valence-electron chi connectivity index (χ2n) is 3.52. The van der Waals surface area contributed by atoms with E-state index in [0.29, 0.717) is 17.1 Å². The fourth-order valence-electron chi connectivity index (χ4n) is 1.55. The minimum atomic E-state index is -0.531. The third-order valence-corrected chi connectivity index (χ3v) is 2.80. The largest absolute Gasteiger partial charge is 0.494 e. The number of aryl methyl sites for hydroxylation is 1. The van der Waals surface area contributed by atoms with Gasteiger partial charge in [-0.1, -0.05) is 11.6 Å². The summed E-state index contributed by atoms with van der Waals surface area (Å²) in [4.78, 5) is 0. The number of hydrogen-bond acceptors (Lipinski definition) is 3. The molecule has 1 heterocycles. The van der Waals surface area contributed by atoms with Crippen molar-refractivity contribution in [3.05, 3.63) is 29.0 Å². The van der Waals surface area contributed by atoms with Gasteiger partial charge in [-0.15, -0.1) is 0 Å². The van der Waals surface area contributed by atoms with E-state index in [9.17, 15) is 4.39 Å². The molecule has 0 radical (unpaired) electrons. The SMILES string of the molecule is COc1c(-c2cc(N)n(C)n2)ccc(F)c1Cl. The summed E-state index contributed by atoms with van der Waals surface area (Å²) in [6.07, 6.45) is 0. The number of nitrogen functional groups attached to an aromatic ring is 1. The molecule has 2 aromatic rings. The van der Waals surface area contributed by atoms with E-state index in [4.69, 9.17) is 22.1 Å². The van der Waals surface area contributed by atoms with Crippen molar-refractivity contribution in [2.45, 2.75) is 0 Å². The van der Waals surface area contributed by atoms with Crippen LogP contribution in [0.25, 0.3) is 11.3 Å². The lowest BCUT2D eigenvalue weighted by Gasteiger charge is -2.08. The van der Waals surface area contributed by atoms with Crippen LogP contribution in [0.15, 0.2) is 18.2 Å². The van der Waals surface area contributed by atoms with Crippen molar-refractivity contribution in [3.8, 4) is 17.0 Å². The summed E-state index contributed by atoms with van der Waals surface area (Å²) >= 11 is 5.83. The van der Waals surface area contributed by atoms with Gasteiger partial charge in [-0.05, 0) is 12.1 Å². The van der Waals surface area contributed by atoms with Gasteiger partial charge in [0.1, 0.15) is 22.4 Å². The Morgan fingerprint density at radius 3 is 2.71 bits per heavy atom. The van der Waals surface area contributed by atoms with Crippen LogP contribution in [0.2, 0.25) is 5.02 Å². The first-order valence-corrected chi connectivity index (χ1v) is 5.24. The fraction of sp³-hybridized carbons (Fsp3) is 0.182. The molecule has 1 aromatic heterocycles. The van der Waals surface area contributed by atoms with Crippen LogP contribution < -0.4 is 10.5 Å². The van der Waals surface area contributed by atoms with Crippen LogP contribution in [-0.4, -0.2) is 16.9 Å². The highest BCUT2D eigenvalue weighted by Gasteiger charge is 2.16. The van der Waals surface area contributed by atoms with Crippen molar-refractivity contribution < 1.29 is 9.13 Å². The average Bonchev–Trinajstić information content (AvgIpc) is 2.62. The molecule has 0 aliphatic rings. The van der Waals surface area contributed by atoms with Gasteiger partial charge in [-0.2, -0.15) is 5.10 Å². The van der Waals surface area contributed by atoms with E-state index >= 15 is 0 Å². The number of benzene rings is 1. The summed E-state index contributed by atoms with van der Waals surface area (Å²) in [6.45, 7) is 0. The molecule has 0 fully saturated rings. The average molecular weight is 256 g/mol. The molecule has 17 heavy (non-hydrogen) atoms. The van der Waals surface area contributed by atoms with Crippen molar-refractivity contribution in [1.82, 2.24) is 9.78 Å². The lowest BCUT2D eigenvalue weighted by Crippen LogP contribution is -1.97. The number of ether oxygens (including phenoxy) is 1. The van der Waals surface area contributed by atoms with Crippen molar-refractivity contribution in [2.75, 3.05) is 12.8 Å². The molecule has 0 aliphatic carbocycles. The Balaban J connectivity index is 2.63. The van der Waals surface area contributed by atoms with Gasteiger partial charge in [0.05, 0.1) is 12.8 Å². The van der Waals surface area contributed by atoms with Crippen LogP contribution in [0.3, 0.4) is 0 Å². The molecule has 2 rings (SSSR count). The molecule has 0 spiro atoms. The topological polar surface area (TPSA) is 53.1 Å². The van der Waals surface area contributed by atoms with Crippen LogP contribution in [0.5, 0.6) is 5.75 Å². The van der Waals surface area contributed by atoms with Gasteiger partial charge in [0, 0.05) is 18.7 Å². The molecule has 4 nitrogen and oxygen atoms in total. The number of hydrogen-bond donors (Lipinski definition) is 1. The number of methoxy groups -OCH3 is 1. The molecule has 0 saturated heterocycles. The minimum Gasteiger partial charge on any atom is -0.494 e. The van der Waals surface area contributed by atoms with Crippen LogP contribution in [-0.2, 0) is 7.05 Å². The van der Waals surface area contributed by atoms with Crippen LogP contribution in [0.1, 0.15) is 0 Å². The minimum absolute atomic E-state index is 0.0609. The van der Waals surface area contributed by atoms with Gasteiger partial charge in [-0.25, -0.2) is 4.39 Å². The van der Waals surface area contributed by atoms with E-state index in [0.717, 1.165) is 0 Å². The van der Waals surface area contributed by atoms with Crippen LogP contribution >= 0.6 is 11.6 Å². The first-order chi connectivity index (χ1) is 8.04. The molecule has 0 aliphatic heterocycles. The predicted molar refractivity (Wildman–Crippen MR) is 64.6 cm³/mol. The quantitative estimate of drug-likeness (QED) is 0.897. The summed E-state index contributed by atoms with van der Waals surface area (Å²) < 4.78 is 19.9. The number of halogens is 2. The van der Waals surface area contributed by atoms with Crippen molar-refractivity contribution in [3.63, 3.8) is 0 Å². The lowest BCUT2D eigenvalue weighted by atomic mass is 10.1. The highest BCUT2D eigenvalue weighted by atomic mass is 35.5. The molecule has 6 heteroatoms. The van der Waals surface area contributed by atoms with Gasteiger partial charge in [-0.3, -0.25) is 4.68 Å². The van der Waals surface area contributed by atoms with Crippen molar-refractivity contribution >= 4 is 17.4 Å². The van der Waals surface area contributed by atoms with Crippen molar-refractivity contribution in [2.24, 2.45) is 7.05 Å².